The van der Waals surface area contributed by atoms with E-state index >= 15 is 0 Å². The summed E-state index contributed by atoms with van der Waals surface area (Å²) in [5.74, 6) is 1.80. The molecule has 173 valence electrons. The Morgan fingerprint density at radius 1 is 0.639 bits per heavy atom. The Morgan fingerprint density at radius 2 is 1.36 bits per heavy atom. The lowest BCUT2D eigenvalue weighted by Gasteiger charge is -2.17. The fourth-order valence-electron chi connectivity index (χ4n) is 4.30. The minimum absolute atomic E-state index is 0.155. The van der Waals surface area contributed by atoms with E-state index in [0.717, 1.165) is 16.2 Å². The summed E-state index contributed by atoms with van der Waals surface area (Å²) < 4.78 is 12.6. The van der Waals surface area contributed by atoms with Crippen molar-refractivity contribution >= 4 is 33.1 Å². The highest BCUT2D eigenvalue weighted by atomic mass is 35.5. The summed E-state index contributed by atoms with van der Waals surface area (Å²) in [4.78, 5) is 4.44. The number of aromatic nitrogens is 1. The number of fused-ring (bicyclic) bond motifs is 2. The molecule has 0 unspecified atom stereocenters. The van der Waals surface area contributed by atoms with Gasteiger partial charge in [-0.3, -0.25) is 5.11 Å². The molecule has 5 aromatic carbocycles. The predicted octanol–water partition coefficient (Wildman–Crippen LogP) is 9.44. The van der Waals surface area contributed by atoms with Crippen LogP contribution in [0.4, 0.5) is 0 Å². The molecule has 0 aliphatic heterocycles. The second-order valence-electron chi connectivity index (χ2n) is 8.29. The highest BCUT2D eigenvalue weighted by molar-refractivity contribution is 6.30. The van der Waals surface area contributed by atoms with Crippen LogP contribution in [0.15, 0.2) is 115 Å². The van der Waals surface area contributed by atoms with Gasteiger partial charge in [0.15, 0.2) is 5.75 Å². The van der Waals surface area contributed by atoms with Gasteiger partial charge in [0.1, 0.15) is 17.2 Å². The summed E-state index contributed by atoms with van der Waals surface area (Å²) in [7, 11) is 0. The number of hydrogen-bond donors (Lipinski definition) is 0. The number of benzene rings is 5. The number of rotatable bonds is 5. The van der Waals surface area contributed by atoms with Gasteiger partial charge in [-0.05, 0) is 59.3 Å². The van der Waals surface area contributed by atoms with Crippen molar-refractivity contribution in [3.8, 4) is 40.0 Å². The van der Waals surface area contributed by atoms with Gasteiger partial charge in [0.25, 0.3) is 0 Å². The Balaban J connectivity index is 1.55. The Bertz CT molecular complexity index is 1710. The molecular formula is C31H19ClNO3. The van der Waals surface area contributed by atoms with Crippen LogP contribution in [0.25, 0.3) is 32.7 Å². The van der Waals surface area contributed by atoms with Gasteiger partial charge in [-0.25, -0.2) is 4.98 Å². The van der Waals surface area contributed by atoms with Crippen LogP contribution in [0.1, 0.15) is 0 Å². The molecular weight excluding hydrogens is 470 g/mol. The minimum Gasteiger partial charge on any atom is -0.456 e. The zero-order chi connectivity index (χ0) is 24.5. The van der Waals surface area contributed by atoms with Crippen LogP contribution in [0.5, 0.6) is 28.9 Å². The summed E-state index contributed by atoms with van der Waals surface area (Å²) in [5.41, 5.74) is 0.928. The van der Waals surface area contributed by atoms with E-state index in [1.165, 1.54) is 0 Å². The molecule has 1 heterocycles. The maximum Gasteiger partial charge on any atom is 0.227 e. The Hall–Kier alpha value is -4.54. The number of halogens is 1. The first-order chi connectivity index (χ1) is 17.7. The predicted molar refractivity (Wildman–Crippen MR) is 143 cm³/mol. The van der Waals surface area contributed by atoms with E-state index in [-0.39, 0.29) is 5.75 Å². The van der Waals surface area contributed by atoms with E-state index in [2.05, 4.69) is 4.98 Å². The minimum atomic E-state index is -0.155. The summed E-state index contributed by atoms with van der Waals surface area (Å²) in [6, 6.07) is 33.8. The molecule has 1 radical (unpaired) electrons. The molecule has 0 fully saturated rings. The van der Waals surface area contributed by atoms with Crippen LogP contribution >= 0.6 is 11.6 Å². The van der Waals surface area contributed by atoms with Crippen molar-refractivity contribution < 1.29 is 14.6 Å². The lowest BCUT2D eigenvalue weighted by Crippen LogP contribution is -1.95. The van der Waals surface area contributed by atoms with Gasteiger partial charge in [-0.1, -0.05) is 72.3 Å². The monoisotopic (exact) mass is 488 g/mol. The molecule has 6 rings (SSSR count). The van der Waals surface area contributed by atoms with Crippen LogP contribution in [-0.2, 0) is 5.11 Å². The summed E-state index contributed by atoms with van der Waals surface area (Å²) in [5, 5.41) is 17.9. The van der Waals surface area contributed by atoms with Gasteiger partial charge in [0.2, 0.25) is 5.88 Å². The third kappa shape index (κ3) is 4.08. The molecule has 0 spiro atoms. The van der Waals surface area contributed by atoms with Gasteiger partial charge >= 0.3 is 0 Å². The molecule has 36 heavy (non-hydrogen) atoms. The van der Waals surface area contributed by atoms with E-state index < -0.39 is 0 Å². The first-order valence-corrected chi connectivity index (χ1v) is 11.8. The highest BCUT2D eigenvalue weighted by Gasteiger charge is 2.22. The molecule has 6 aromatic rings. The van der Waals surface area contributed by atoms with E-state index in [9.17, 15) is 5.11 Å². The van der Waals surface area contributed by atoms with Crippen molar-refractivity contribution in [2.45, 2.75) is 0 Å². The molecule has 1 aromatic heterocycles. The third-order valence-corrected chi connectivity index (χ3v) is 6.26. The maximum absolute atomic E-state index is 13.9. The zero-order valence-corrected chi connectivity index (χ0v) is 19.8. The molecule has 0 N–H and O–H groups in total. The van der Waals surface area contributed by atoms with E-state index in [0.29, 0.717) is 44.7 Å². The molecule has 0 aliphatic carbocycles. The molecule has 0 bridgehead atoms. The van der Waals surface area contributed by atoms with Crippen molar-refractivity contribution in [3.63, 3.8) is 0 Å². The fraction of sp³-hybridized carbons (Fsp3) is 0. The second-order valence-corrected chi connectivity index (χ2v) is 8.73. The first-order valence-electron chi connectivity index (χ1n) is 11.4. The molecule has 0 saturated carbocycles. The van der Waals surface area contributed by atoms with E-state index in [1.54, 1.807) is 36.5 Å². The van der Waals surface area contributed by atoms with Crippen LogP contribution in [0, 0.1) is 0 Å². The Labute approximate surface area is 213 Å². The van der Waals surface area contributed by atoms with Gasteiger partial charge in [0.05, 0.1) is 11.1 Å². The molecule has 0 amide bonds. The van der Waals surface area contributed by atoms with Crippen LogP contribution in [0.2, 0.25) is 5.02 Å². The smallest absolute Gasteiger partial charge is 0.227 e. The average molecular weight is 489 g/mol. The van der Waals surface area contributed by atoms with Crippen molar-refractivity contribution in [3.05, 3.63) is 120 Å². The van der Waals surface area contributed by atoms with Crippen LogP contribution in [0.3, 0.4) is 0 Å². The second kappa shape index (κ2) is 9.25. The van der Waals surface area contributed by atoms with Crippen molar-refractivity contribution in [2.24, 2.45) is 0 Å². The highest BCUT2D eigenvalue weighted by Crippen LogP contribution is 2.48. The lowest BCUT2D eigenvalue weighted by molar-refractivity contribution is 0.359. The number of ether oxygens (including phenoxy) is 2. The quantitative estimate of drug-likeness (QED) is 0.243. The number of pyridine rings is 1. The van der Waals surface area contributed by atoms with Crippen molar-refractivity contribution in [1.29, 1.82) is 0 Å². The average Bonchev–Trinajstić information content (AvgIpc) is 2.91. The van der Waals surface area contributed by atoms with Crippen LogP contribution < -0.4 is 9.47 Å². The maximum atomic E-state index is 13.9. The van der Waals surface area contributed by atoms with E-state index in [1.807, 2.05) is 78.9 Å². The molecule has 0 aliphatic rings. The van der Waals surface area contributed by atoms with Crippen molar-refractivity contribution in [1.82, 2.24) is 4.98 Å². The molecule has 5 heteroatoms. The van der Waals surface area contributed by atoms with Gasteiger partial charge < -0.3 is 9.47 Å². The van der Waals surface area contributed by atoms with E-state index in [4.69, 9.17) is 21.1 Å². The SMILES string of the molecule is [O]c1c(-c2cccnc2Oc2ccc(Cl)cc2)c(Oc2cccc3ccccc23)cc2ccccc12. The molecule has 4 nitrogen and oxygen atoms in total. The topological polar surface area (TPSA) is 51.2 Å². The van der Waals surface area contributed by atoms with Crippen LogP contribution in [-0.4, -0.2) is 4.98 Å². The van der Waals surface area contributed by atoms with Gasteiger partial charge in [-0.15, -0.1) is 0 Å². The number of nitrogens with zero attached hydrogens (tertiary/aromatic N) is 1. The third-order valence-electron chi connectivity index (χ3n) is 6.00. The summed E-state index contributed by atoms with van der Waals surface area (Å²) in [6.45, 7) is 0. The zero-order valence-electron chi connectivity index (χ0n) is 19.0. The summed E-state index contributed by atoms with van der Waals surface area (Å²) in [6.07, 6.45) is 1.63. The largest absolute Gasteiger partial charge is 0.456 e. The molecule has 0 atom stereocenters. The summed E-state index contributed by atoms with van der Waals surface area (Å²) >= 11 is 6.03. The normalized spacial score (nSPS) is 11.0. The molecule has 0 saturated heterocycles. The Morgan fingerprint density at radius 3 is 2.19 bits per heavy atom. The van der Waals surface area contributed by atoms with Crippen molar-refractivity contribution in [2.75, 3.05) is 0 Å². The first kappa shape index (κ1) is 22.0. The Kier molecular flexibility index (Phi) is 5.64. The fourth-order valence-corrected chi connectivity index (χ4v) is 4.43. The van der Waals surface area contributed by atoms with Gasteiger partial charge in [-0.2, -0.15) is 0 Å². The lowest BCUT2D eigenvalue weighted by atomic mass is 9.98. The number of hydrogen-bond acceptors (Lipinski definition) is 3. The standard InChI is InChI=1S/C31H19ClNO3/c32-22-14-16-23(17-15-22)35-31-26(12-6-18-33-31)29-28(19-21-8-2-4-11-25(21)30(29)34)36-27-13-5-9-20-7-1-3-10-24(20)27/h1-19H. The van der Waals surface area contributed by atoms with Gasteiger partial charge in [0, 0.05) is 22.0 Å².